The fourth-order valence-electron chi connectivity index (χ4n) is 6.58. The molecule has 3 aliphatic heterocycles. The number of carbonyl (C=O) groups is 7. The largest absolute Gasteiger partial charge is 0.481 e. The summed E-state index contributed by atoms with van der Waals surface area (Å²) in [5.74, 6) is -5.67. The predicted molar refractivity (Wildman–Crippen MR) is 167 cm³/mol. The molecular weight excluding hydrogens is 684 g/mol. The van der Waals surface area contributed by atoms with Gasteiger partial charge in [0, 0.05) is 48.7 Å². The summed E-state index contributed by atoms with van der Waals surface area (Å²) in [4.78, 5) is 98.8. The molecule has 50 heavy (non-hydrogen) atoms. The lowest BCUT2D eigenvalue weighted by Gasteiger charge is -2.33. The number of hydrogen-bond donors (Lipinski definition) is 6. The van der Waals surface area contributed by atoms with Crippen LogP contribution in [0.4, 0.5) is 15.3 Å². The number of nitro groups is 1. The van der Waals surface area contributed by atoms with E-state index in [1.165, 1.54) is 36.0 Å². The topological polar surface area (TPSA) is 283 Å². The van der Waals surface area contributed by atoms with E-state index in [0.717, 1.165) is 0 Å². The Morgan fingerprint density at radius 1 is 1.12 bits per heavy atom. The molecule has 6 amide bonds. The fraction of sp³-hybridized carbons (Fsp3) is 0.567. The Hall–Kier alpha value is -4.82. The van der Waals surface area contributed by atoms with Crippen molar-refractivity contribution < 1.29 is 63.6 Å². The van der Waals surface area contributed by atoms with Crippen LogP contribution in [0.5, 0.6) is 0 Å². The number of para-hydroxylation sites is 1. The first kappa shape index (κ1) is 38.0. The van der Waals surface area contributed by atoms with Gasteiger partial charge < -0.3 is 41.1 Å². The minimum absolute atomic E-state index is 0.0541. The summed E-state index contributed by atoms with van der Waals surface area (Å²) in [5, 5.41) is 53.1. The van der Waals surface area contributed by atoms with Gasteiger partial charge in [0.05, 0.1) is 28.2 Å². The van der Waals surface area contributed by atoms with E-state index in [0.29, 0.717) is 31.4 Å². The van der Waals surface area contributed by atoms with Crippen LogP contribution in [0.25, 0.3) is 0 Å². The highest BCUT2D eigenvalue weighted by Gasteiger charge is 2.61. The number of nitrogens with zero attached hydrogens (tertiary/aromatic N) is 2. The number of hydrogen-bond acceptors (Lipinski definition) is 13. The van der Waals surface area contributed by atoms with Crippen molar-refractivity contribution in [2.75, 3.05) is 5.75 Å². The molecular formula is C30H38N6O13S. The van der Waals surface area contributed by atoms with Gasteiger partial charge in [0.15, 0.2) is 0 Å². The molecule has 3 heterocycles. The van der Waals surface area contributed by atoms with Crippen LogP contribution in [0.15, 0.2) is 24.3 Å². The summed E-state index contributed by atoms with van der Waals surface area (Å²) in [5.41, 5.74) is -0.233. The van der Waals surface area contributed by atoms with Gasteiger partial charge in [-0.3, -0.25) is 24.5 Å². The van der Waals surface area contributed by atoms with Gasteiger partial charge >= 0.3 is 30.0 Å². The Bertz CT molecular complexity index is 1560. The lowest BCUT2D eigenvalue weighted by molar-refractivity contribution is -1.12. The molecule has 272 valence electrons. The molecule has 0 aliphatic carbocycles. The summed E-state index contributed by atoms with van der Waals surface area (Å²) in [7, 11) is 0. The molecule has 0 aromatic heterocycles. The van der Waals surface area contributed by atoms with Crippen LogP contribution in [0.3, 0.4) is 0 Å². The predicted octanol–water partition coefficient (Wildman–Crippen LogP) is 0.0317. The molecule has 0 saturated carbocycles. The molecule has 0 radical (unpaired) electrons. The van der Waals surface area contributed by atoms with Gasteiger partial charge in [-0.05, 0) is 32.6 Å². The summed E-state index contributed by atoms with van der Waals surface area (Å²) < 4.78 is -1.03. The van der Waals surface area contributed by atoms with E-state index in [2.05, 4.69) is 26.1 Å². The van der Waals surface area contributed by atoms with E-state index in [1.807, 2.05) is 0 Å². The average Bonchev–Trinajstić information content (AvgIpc) is 3.64. The monoisotopic (exact) mass is 722 g/mol. The number of benzene rings is 1. The summed E-state index contributed by atoms with van der Waals surface area (Å²) >= 11 is 1.39. The number of unbranched alkanes of at least 4 members (excludes halogenated alkanes) is 1. The second-order valence-electron chi connectivity index (χ2n) is 12.5. The molecule has 3 saturated heterocycles. The number of carboxylic acids is 1. The third-order valence-electron chi connectivity index (χ3n) is 9.04. The Labute approximate surface area is 289 Å². The van der Waals surface area contributed by atoms with Crippen molar-refractivity contribution in [2.45, 2.75) is 93.6 Å². The minimum Gasteiger partial charge on any atom is -0.481 e. The number of carbonyl (C=O) groups excluding carboxylic acids is 6. The number of nitrogens with one attached hydrogen (secondary N) is 4. The molecule has 4 rings (SSSR count). The third kappa shape index (κ3) is 8.48. The molecule has 0 bridgehead atoms. The first-order valence-electron chi connectivity index (χ1n) is 15.9. The molecule has 3 fully saturated rings. The van der Waals surface area contributed by atoms with E-state index in [1.54, 1.807) is 6.92 Å². The molecule has 7 atom stereocenters. The number of imide groups is 1. The maximum Gasteiger partial charge on any atom is 0.390 e. The number of amides is 6. The third-order valence-corrected chi connectivity index (χ3v) is 10.7. The zero-order valence-electron chi connectivity index (χ0n) is 27.0. The van der Waals surface area contributed by atoms with E-state index in [-0.39, 0.29) is 54.9 Å². The van der Waals surface area contributed by atoms with E-state index in [4.69, 9.17) is 5.11 Å². The molecule has 6 N–H and O–H groups in total. The second kappa shape index (κ2) is 15.8. The zero-order chi connectivity index (χ0) is 36.8. The standard InChI is InChI=1S/C30H38N6O13S/c1-16(31-27(42)30(12-5-4-11-24(39)40)25-20(15-50-30)33-28(43)34-25)7-6-10-22(37)32-19(13-17-8-2-3-9-21(17)35(46)47)18-14-23(38)36(48,26(18)41)49-29(44)45/h2-3,8-9,16,18-20,25,48H,4-7,10-15H2,1H3,(H5-,31,32,33,34,37,39,40,42,43,44,45)/t16?,18?,19?,20-,25-,30-,36?/m0/s1. The molecule has 20 heteroatoms. The van der Waals surface area contributed by atoms with Crippen molar-refractivity contribution in [3.63, 3.8) is 0 Å². The van der Waals surface area contributed by atoms with Crippen LogP contribution in [0.2, 0.25) is 0 Å². The van der Waals surface area contributed by atoms with Crippen LogP contribution in [-0.4, -0.2) is 96.5 Å². The van der Waals surface area contributed by atoms with Gasteiger partial charge in [0.25, 0.3) is 5.69 Å². The maximum absolute atomic E-state index is 13.7. The van der Waals surface area contributed by atoms with Crippen LogP contribution < -0.4 is 26.4 Å². The number of urea groups is 1. The first-order valence-corrected chi connectivity index (χ1v) is 16.9. The number of quaternary nitrogens is 1. The van der Waals surface area contributed by atoms with Gasteiger partial charge in [-0.25, -0.2) is 14.4 Å². The van der Waals surface area contributed by atoms with Crippen LogP contribution in [0, 0.1) is 16.0 Å². The molecule has 4 unspecified atom stereocenters. The quantitative estimate of drug-likeness (QED) is 0.0235. The molecule has 1 aromatic rings. The summed E-state index contributed by atoms with van der Waals surface area (Å²) in [6.45, 7) is 1.73. The number of nitro benzene ring substituents is 1. The number of thioether (sulfide) groups is 1. The van der Waals surface area contributed by atoms with Crippen molar-refractivity contribution in [2.24, 2.45) is 5.92 Å². The second-order valence-corrected chi connectivity index (χ2v) is 13.8. The number of aliphatic carboxylic acids is 1. The van der Waals surface area contributed by atoms with Gasteiger partial charge in [-0.1, -0.05) is 24.6 Å². The minimum atomic E-state index is -2.55. The van der Waals surface area contributed by atoms with E-state index < -0.39 is 74.8 Å². The number of rotatable bonds is 17. The highest BCUT2D eigenvalue weighted by molar-refractivity contribution is 8.01. The lowest BCUT2D eigenvalue weighted by atomic mass is 9.88. The fourth-order valence-corrected chi connectivity index (χ4v) is 8.21. The van der Waals surface area contributed by atoms with Crippen LogP contribution >= 0.6 is 11.8 Å². The highest BCUT2D eigenvalue weighted by atomic mass is 32.2. The average molecular weight is 723 g/mol. The van der Waals surface area contributed by atoms with Crippen molar-refractivity contribution in [3.05, 3.63) is 39.9 Å². The van der Waals surface area contributed by atoms with Crippen molar-refractivity contribution in [1.82, 2.24) is 21.3 Å². The Morgan fingerprint density at radius 2 is 1.84 bits per heavy atom. The van der Waals surface area contributed by atoms with Crippen molar-refractivity contribution in [3.8, 4) is 0 Å². The van der Waals surface area contributed by atoms with Gasteiger partial charge in [-0.15, -0.1) is 11.8 Å². The molecule has 1 aromatic carbocycles. The Morgan fingerprint density at radius 3 is 2.52 bits per heavy atom. The SMILES string of the molecule is CC(CCCC(=O)NC(Cc1ccccc1[N+](=O)[O-])C1CC(=O)[N+](O)(OC(=O)[O-])C1=O)NC(=O)[C@@]1(CCCCC(=O)O)SC[C@@H]2NC(=O)N[C@@H]21. The molecule has 19 nitrogen and oxygen atoms in total. The normalized spacial score (nSPS) is 26.7. The number of fused-ring (bicyclic) bond motifs is 1. The maximum atomic E-state index is 13.7. The molecule has 3 aliphatic rings. The van der Waals surface area contributed by atoms with E-state index >= 15 is 0 Å². The van der Waals surface area contributed by atoms with Gasteiger partial charge in [0.1, 0.15) is 10.7 Å². The Kier molecular flexibility index (Phi) is 12.0. The first-order chi connectivity index (χ1) is 23.6. The van der Waals surface area contributed by atoms with Crippen molar-refractivity contribution in [1.29, 1.82) is 0 Å². The van der Waals surface area contributed by atoms with E-state index in [9.17, 15) is 54.0 Å². The molecule has 0 spiro atoms. The zero-order valence-corrected chi connectivity index (χ0v) is 27.8. The van der Waals surface area contributed by atoms with Crippen LogP contribution in [0.1, 0.15) is 63.9 Å². The van der Waals surface area contributed by atoms with Crippen LogP contribution in [-0.2, 0) is 35.2 Å². The number of hydroxylamine groups is 4. The summed E-state index contributed by atoms with van der Waals surface area (Å²) in [6, 6.07) is 2.60. The number of carboxylic acid groups (broad SMARTS) is 2. The van der Waals surface area contributed by atoms with Gasteiger partial charge in [-0.2, -0.15) is 5.21 Å². The van der Waals surface area contributed by atoms with Crippen molar-refractivity contribution >= 4 is 59.2 Å². The highest BCUT2D eigenvalue weighted by Crippen LogP contribution is 2.44. The Balaban J connectivity index is 1.40. The van der Waals surface area contributed by atoms with Gasteiger partial charge in [0.2, 0.25) is 11.8 Å². The summed E-state index contributed by atoms with van der Waals surface area (Å²) in [6.07, 6.45) is -1.96. The lowest BCUT2D eigenvalue weighted by Crippen LogP contribution is -2.57. The smallest absolute Gasteiger partial charge is 0.390 e.